The molecular formula is C24H36N8O7. The summed E-state index contributed by atoms with van der Waals surface area (Å²) in [6.45, 7) is 0.650. The van der Waals surface area contributed by atoms with Crippen LogP contribution < -0.4 is 33.2 Å². The van der Waals surface area contributed by atoms with Crippen molar-refractivity contribution in [2.24, 2.45) is 22.2 Å². The fourth-order valence-corrected chi connectivity index (χ4v) is 3.77. The summed E-state index contributed by atoms with van der Waals surface area (Å²) in [6.07, 6.45) is 0.749. The smallest absolute Gasteiger partial charge is 0.328 e. The van der Waals surface area contributed by atoms with Crippen LogP contribution in [0.5, 0.6) is 0 Å². The Bertz CT molecular complexity index is 1180. The molecule has 3 amide bonds. The summed E-state index contributed by atoms with van der Waals surface area (Å²) in [5.41, 5.74) is 17.8. The molecular weight excluding hydrogens is 512 g/mol. The van der Waals surface area contributed by atoms with E-state index >= 15 is 0 Å². The Hall–Kier alpha value is -4.21. The number of aromatic nitrogens is 1. The Balaban J connectivity index is 2.17. The van der Waals surface area contributed by atoms with E-state index in [2.05, 4.69) is 25.9 Å². The number of para-hydroxylation sites is 1. The SMILES string of the molecule is CC(O)C(NC(=O)C(Cc1c[nH]c2ccccc12)NC(=O)C(CO)NC(=O)C(N)CCCN=C(N)N)C(=O)O. The summed E-state index contributed by atoms with van der Waals surface area (Å²) in [7, 11) is 0. The number of aliphatic hydroxyl groups is 2. The van der Waals surface area contributed by atoms with Gasteiger partial charge in [-0.25, -0.2) is 4.79 Å². The molecule has 0 aliphatic heterocycles. The van der Waals surface area contributed by atoms with E-state index in [4.69, 9.17) is 17.2 Å². The van der Waals surface area contributed by atoms with E-state index < -0.39 is 60.6 Å². The molecule has 2 aromatic rings. The van der Waals surface area contributed by atoms with E-state index in [0.717, 1.165) is 10.9 Å². The zero-order valence-electron chi connectivity index (χ0n) is 21.5. The first-order valence-electron chi connectivity index (χ1n) is 12.2. The Kier molecular flexibility index (Phi) is 11.7. The molecule has 5 unspecified atom stereocenters. The largest absolute Gasteiger partial charge is 0.480 e. The molecule has 5 atom stereocenters. The molecule has 0 fully saturated rings. The minimum atomic E-state index is -1.63. The van der Waals surface area contributed by atoms with Crippen LogP contribution in [0.1, 0.15) is 25.3 Å². The van der Waals surface area contributed by atoms with E-state index in [9.17, 15) is 34.5 Å². The third-order valence-corrected chi connectivity index (χ3v) is 5.90. The quantitative estimate of drug-likeness (QED) is 0.0612. The number of carbonyl (C=O) groups excluding carboxylic acids is 3. The number of nitrogens with zero attached hydrogens (tertiary/aromatic N) is 1. The average molecular weight is 549 g/mol. The fourth-order valence-electron chi connectivity index (χ4n) is 3.77. The number of fused-ring (bicyclic) bond motifs is 1. The van der Waals surface area contributed by atoms with E-state index in [0.29, 0.717) is 12.0 Å². The molecule has 0 aliphatic rings. The summed E-state index contributed by atoms with van der Waals surface area (Å²) >= 11 is 0. The van der Waals surface area contributed by atoms with Crippen molar-refractivity contribution in [1.29, 1.82) is 0 Å². The molecule has 15 nitrogen and oxygen atoms in total. The van der Waals surface area contributed by atoms with Gasteiger partial charge in [-0.05, 0) is 31.4 Å². The Morgan fingerprint density at radius 3 is 2.28 bits per heavy atom. The summed E-state index contributed by atoms with van der Waals surface area (Å²) < 4.78 is 0. The minimum absolute atomic E-state index is 0.0653. The highest BCUT2D eigenvalue weighted by atomic mass is 16.4. The molecule has 1 aromatic carbocycles. The Morgan fingerprint density at radius 2 is 1.67 bits per heavy atom. The lowest BCUT2D eigenvalue weighted by Gasteiger charge is -2.25. The van der Waals surface area contributed by atoms with Gasteiger partial charge in [0, 0.05) is 30.1 Å². The standard InChI is InChI=1S/C24H36N8O7/c1-12(34)19(23(38)39)32-21(36)17(9-13-10-29-16-7-3-2-5-14(13)16)30-22(37)18(11-33)31-20(35)15(25)6-4-8-28-24(26)27/h2-3,5,7,10,12,15,17-19,29,33-34H,4,6,8-9,11,25H2,1H3,(H,30,37)(H,31,35)(H,32,36)(H,38,39)(H4,26,27,28). The van der Waals surface area contributed by atoms with Crippen LogP contribution in [0.4, 0.5) is 0 Å². The van der Waals surface area contributed by atoms with Crippen LogP contribution in [0.2, 0.25) is 0 Å². The number of carboxylic acid groups (broad SMARTS) is 1. The second kappa shape index (κ2) is 14.7. The van der Waals surface area contributed by atoms with Gasteiger partial charge in [0.05, 0.1) is 18.8 Å². The van der Waals surface area contributed by atoms with Crippen LogP contribution in [0.15, 0.2) is 35.5 Å². The van der Waals surface area contributed by atoms with E-state index in [1.54, 1.807) is 18.3 Å². The Labute approximate surface area is 224 Å². The highest BCUT2D eigenvalue weighted by molar-refractivity contribution is 5.95. The highest BCUT2D eigenvalue weighted by Gasteiger charge is 2.32. The number of amides is 3. The average Bonchev–Trinajstić information content (AvgIpc) is 3.29. The second-order valence-corrected chi connectivity index (χ2v) is 8.99. The van der Waals surface area contributed by atoms with Crippen LogP contribution in [0.25, 0.3) is 10.9 Å². The van der Waals surface area contributed by atoms with Crippen LogP contribution in [0.3, 0.4) is 0 Å². The molecule has 214 valence electrons. The lowest BCUT2D eigenvalue weighted by Crippen LogP contribution is -2.59. The van der Waals surface area contributed by atoms with Crippen molar-refractivity contribution < 1.29 is 34.5 Å². The summed E-state index contributed by atoms with van der Waals surface area (Å²) in [4.78, 5) is 56.9. The molecule has 0 saturated heterocycles. The molecule has 39 heavy (non-hydrogen) atoms. The number of nitrogens with one attached hydrogen (secondary N) is 4. The van der Waals surface area contributed by atoms with Gasteiger partial charge in [0.1, 0.15) is 12.1 Å². The topological polar surface area (TPSA) is 271 Å². The third kappa shape index (κ3) is 9.24. The summed E-state index contributed by atoms with van der Waals surface area (Å²) in [5, 5.41) is 36.7. The van der Waals surface area contributed by atoms with Gasteiger partial charge in [-0.3, -0.25) is 19.4 Å². The molecule has 1 heterocycles. The van der Waals surface area contributed by atoms with E-state index in [-0.39, 0.29) is 25.3 Å². The first-order chi connectivity index (χ1) is 18.4. The molecule has 1 aromatic heterocycles. The highest BCUT2D eigenvalue weighted by Crippen LogP contribution is 2.19. The van der Waals surface area contributed by atoms with Gasteiger partial charge < -0.3 is 53.5 Å². The number of aliphatic imine (C=N–C) groups is 1. The number of aliphatic hydroxyl groups excluding tert-OH is 2. The van der Waals surface area contributed by atoms with Crippen molar-refractivity contribution in [2.75, 3.05) is 13.2 Å². The summed E-state index contributed by atoms with van der Waals surface area (Å²) in [6, 6.07) is 1.80. The predicted molar refractivity (Wildman–Crippen MR) is 142 cm³/mol. The lowest BCUT2D eigenvalue weighted by atomic mass is 10.0. The number of benzene rings is 1. The van der Waals surface area contributed by atoms with Crippen molar-refractivity contribution >= 4 is 40.6 Å². The lowest BCUT2D eigenvalue weighted by molar-refractivity contribution is -0.145. The van der Waals surface area contributed by atoms with Crippen molar-refractivity contribution in [2.45, 2.75) is 56.5 Å². The van der Waals surface area contributed by atoms with Crippen molar-refractivity contribution in [3.8, 4) is 0 Å². The number of carboxylic acids is 1. The molecule has 0 spiro atoms. The molecule has 15 heteroatoms. The van der Waals surface area contributed by atoms with Crippen LogP contribution in [0, 0.1) is 0 Å². The predicted octanol–water partition coefficient (Wildman–Crippen LogP) is -3.00. The normalized spacial score (nSPS) is 14.9. The zero-order chi connectivity index (χ0) is 29.1. The number of guanidine groups is 1. The van der Waals surface area contributed by atoms with Gasteiger partial charge in [0.2, 0.25) is 17.7 Å². The third-order valence-electron chi connectivity index (χ3n) is 5.90. The number of rotatable bonds is 15. The number of nitrogens with two attached hydrogens (primary N) is 3. The van der Waals surface area contributed by atoms with Crippen molar-refractivity contribution in [3.63, 3.8) is 0 Å². The monoisotopic (exact) mass is 548 g/mol. The number of hydrogen-bond acceptors (Lipinski definition) is 8. The van der Waals surface area contributed by atoms with E-state index in [1.807, 2.05) is 12.1 Å². The molecule has 0 saturated carbocycles. The maximum Gasteiger partial charge on any atom is 0.328 e. The molecule has 13 N–H and O–H groups in total. The van der Waals surface area contributed by atoms with Gasteiger partial charge in [0.15, 0.2) is 12.0 Å². The minimum Gasteiger partial charge on any atom is -0.480 e. The number of aromatic amines is 1. The maximum absolute atomic E-state index is 13.1. The summed E-state index contributed by atoms with van der Waals surface area (Å²) in [5.74, 6) is -4.07. The van der Waals surface area contributed by atoms with Gasteiger partial charge in [-0.1, -0.05) is 18.2 Å². The van der Waals surface area contributed by atoms with E-state index in [1.165, 1.54) is 6.92 Å². The number of aliphatic carboxylic acids is 1. The maximum atomic E-state index is 13.1. The zero-order valence-corrected chi connectivity index (χ0v) is 21.5. The molecule has 0 bridgehead atoms. The van der Waals surface area contributed by atoms with Crippen molar-refractivity contribution in [3.05, 3.63) is 36.0 Å². The molecule has 0 radical (unpaired) electrons. The number of carbonyl (C=O) groups is 4. The van der Waals surface area contributed by atoms with Crippen LogP contribution >= 0.6 is 0 Å². The van der Waals surface area contributed by atoms with Crippen LogP contribution in [-0.2, 0) is 25.6 Å². The second-order valence-electron chi connectivity index (χ2n) is 8.99. The first-order valence-corrected chi connectivity index (χ1v) is 12.2. The first kappa shape index (κ1) is 31.0. The van der Waals surface area contributed by atoms with Gasteiger partial charge in [-0.15, -0.1) is 0 Å². The number of H-pyrrole nitrogens is 1. The fraction of sp³-hybridized carbons (Fsp3) is 0.458. The van der Waals surface area contributed by atoms with Crippen LogP contribution in [-0.4, -0.2) is 93.4 Å². The van der Waals surface area contributed by atoms with Gasteiger partial charge >= 0.3 is 5.97 Å². The number of hydrogen-bond donors (Lipinski definition) is 10. The van der Waals surface area contributed by atoms with Gasteiger partial charge in [0.25, 0.3) is 0 Å². The Morgan fingerprint density at radius 1 is 1.03 bits per heavy atom. The van der Waals surface area contributed by atoms with Gasteiger partial charge in [-0.2, -0.15) is 0 Å². The molecule has 0 aliphatic carbocycles. The van der Waals surface area contributed by atoms with Crippen molar-refractivity contribution in [1.82, 2.24) is 20.9 Å². The molecule has 2 rings (SSSR count).